The second-order valence-corrected chi connectivity index (χ2v) is 22.5. The van der Waals surface area contributed by atoms with Gasteiger partial charge in [0.25, 0.3) is 21.6 Å². The van der Waals surface area contributed by atoms with Crippen molar-refractivity contribution < 1.29 is 40.8 Å². The molecule has 9 rings (SSSR count). The van der Waals surface area contributed by atoms with Gasteiger partial charge in [0.05, 0.1) is 33.0 Å². The molecule has 0 unspecified atom stereocenters. The van der Waals surface area contributed by atoms with Crippen molar-refractivity contribution in [3.63, 3.8) is 0 Å². The molecule has 1 aliphatic carbocycles. The smallest absolute Gasteiger partial charge is 0.397 e. The van der Waals surface area contributed by atoms with Crippen LogP contribution in [-0.4, -0.2) is 105 Å². The average Bonchev–Trinajstić information content (AvgIpc) is 3.80. The van der Waals surface area contributed by atoms with Crippen LogP contribution >= 0.6 is 11.6 Å². The van der Waals surface area contributed by atoms with Gasteiger partial charge in [0.1, 0.15) is 23.1 Å². The molecule has 0 saturated carbocycles. The highest BCUT2D eigenvalue weighted by Gasteiger charge is 2.56. The van der Waals surface area contributed by atoms with Crippen LogP contribution in [0.5, 0.6) is 5.88 Å². The fraction of sp³-hybridized carbons (Fsp3) is 0.451. The molecule has 1 amide bonds. The molecule has 0 spiro atoms. The molecule has 2 aromatic heterocycles. The molecule has 5 heterocycles. The zero-order valence-corrected chi connectivity index (χ0v) is 41.6. The van der Waals surface area contributed by atoms with Crippen molar-refractivity contribution >= 4 is 72.6 Å². The number of H-pyrrole nitrogens is 1. The Labute approximate surface area is 415 Å². The minimum Gasteiger partial charge on any atom is -0.470 e. The minimum absolute atomic E-state index is 0.109. The molecular weight excluding hydrogens is 961 g/mol. The maximum atomic E-state index is 14.8. The Kier molecular flexibility index (Phi) is 13.8. The largest absolute Gasteiger partial charge is 0.470 e. The summed E-state index contributed by atoms with van der Waals surface area (Å²) in [7, 11) is -4.76. The number of nitrogens with zero attached hydrogens (tertiary/aromatic N) is 5. The molecule has 4 aliphatic rings. The molecule has 3 aromatic carbocycles. The Bertz CT molecular complexity index is 2970. The van der Waals surface area contributed by atoms with Crippen molar-refractivity contribution in [3.05, 3.63) is 111 Å². The highest BCUT2D eigenvalue weighted by molar-refractivity contribution is 7.90. The highest BCUT2D eigenvalue weighted by Crippen LogP contribution is 2.49. The third-order valence-electron chi connectivity index (χ3n) is 14.6. The van der Waals surface area contributed by atoms with Crippen molar-refractivity contribution in [1.82, 2.24) is 19.6 Å². The second-order valence-electron chi connectivity index (χ2n) is 20.4. The predicted octanol–water partition coefficient (Wildman–Crippen LogP) is 10.4. The number of hydrogen-bond acceptors (Lipinski definition) is 12. The standard InChI is InChI=1S/C51H58ClF3N8O7S/c1-49(2)17-13-35(40(28-49)33-5-7-36(52)8-6-33)30-60-19-21-61(22-20-60)37-9-11-39(47(64)59-71(67,68)38-10-12-41(43(27-38)63(65)66)57-29-32-15-23-69-24-16-32)42(26-37)62-31-45(50(3,4)51(53,54)55)70-48-44(62)25-34-14-18-56-46(34)58-48/h5-12,14,18,25-27,32,45,57H,13,15-17,19-24,28-31H2,1-4H3,(H,56,58)(H,59,64)/t45-/m0/s1. The lowest BCUT2D eigenvalue weighted by Gasteiger charge is -2.43. The number of carbonyl (C=O) groups is 1. The number of nitro benzene ring substituents is 1. The molecule has 2 saturated heterocycles. The molecule has 1 atom stereocenters. The summed E-state index contributed by atoms with van der Waals surface area (Å²) in [5.74, 6) is -1.000. The number of anilines is 4. The number of carbonyl (C=O) groups excluding carboxylic acids is 1. The highest BCUT2D eigenvalue weighted by atomic mass is 35.5. The van der Waals surface area contributed by atoms with E-state index >= 15 is 0 Å². The van der Waals surface area contributed by atoms with Gasteiger partial charge in [-0.1, -0.05) is 43.2 Å². The molecule has 378 valence electrons. The quantitative estimate of drug-likeness (QED) is 0.0753. The summed E-state index contributed by atoms with van der Waals surface area (Å²) < 4.78 is 86.2. The van der Waals surface area contributed by atoms with Gasteiger partial charge in [0.2, 0.25) is 5.88 Å². The number of ether oxygens (including phenoxy) is 2. The summed E-state index contributed by atoms with van der Waals surface area (Å²) >= 11 is 6.26. The fourth-order valence-corrected chi connectivity index (χ4v) is 11.0. The van der Waals surface area contributed by atoms with Crippen molar-refractivity contribution in [2.75, 3.05) is 74.1 Å². The lowest BCUT2D eigenvalue weighted by Crippen LogP contribution is -2.53. The molecule has 71 heavy (non-hydrogen) atoms. The van der Waals surface area contributed by atoms with Gasteiger partial charge < -0.3 is 29.6 Å². The van der Waals surface area contributed by atoms with Gasteiger partial charge in [-0.2, -0.15) is 18.2 Å². The molecule has 20 heteroatoms. The van der Waals surface area contributed by atoms with Crippen LogP contribution < -0.4 is 24.6 Å². The zero-order chi connectivity index (χ0) is 50.5. The van der Waals surface area contributed by atoms with Gasteiger partial charge in [-0.3, -0.25) is 19.8 Å². The Morgan fingerprint density at radius 1 is 0.986 bits per heavy atom. The number of aromatic nitrogens is 2. The van der Waals surface area contributed by atoms with E-state index in [1.54, 1.807) is 30.5 Å². The van der Waals surface area contributed by atoms with Crippen LogP contribution in [0.3, 0.4) is 0 Å². The van der Waals surface area contributed by atoms with Crippen molar-refractivity contribution in [2.24, 2.45) is 16.7 Å². The van der Waals surface area contributed by atoms with E-state index in [1.807, 2.05) is 12.1 Å². The summed E-state index contributed by atoms with van der Waals surface area (Å²) in [6, 6.07) is 19.7. The zero-order valence-electron chi connectivity index (χ0n) is 40.1. The molecule has 0 radical (unpaired) electrons. The number of fused-ring (bicyclic) bond motifs is 2. The normalized spacial score (nSPS) is 19.4. The van der Waals surface area contributed by atoms with Crippen LogP contribution in [0, 0.1) is 26.9 Å². The minimum atomic E-state index is -4.76. The maximum Gasteiger partial charge on any atom is 0.397 e. The van der Waals surface area contributed by atoms with E-state index in [0.717, 1.165) is 58.6 Å². The number of allylic oxidation sites excluding steroid dienone is 1. The average molecular weight is 1020 g/mol. The van der Waals surface area contributed by atoms with Gasteiger partial charge >= 0.3 is 6.18 Å². The van der Waals surface area contributed by atoms with Crippen molar-refractivity contribution in [2.45, 2.75) is 77.0 Å². The van der Waals surface area contributed by atoms with Crippen LogP contribution in [0.1, 0.15) is 75.7 Å². The van der Waals surface area contributed by atoms with Gasteiger partial charge in [-0.25, -0.2) is 13.1 Å². The Morgan fingerprint density at radius 2 is 1.72 bits per heavy atom. The molecule has 0 bridgehead atoms. The van der Waals surface area contributed by atoms with E-state index in [-0.39, 0.29) is 39.8 Å². The molecular formula is C51H58ClF3N8O7S. The number of sulfonamides is 1. The molecule has 3 aliphatic heterocycles. The van der Waals surface area contributed by atoms with Gasteiger partial charge in [-0.15, -0.1) is 0 Å². The lowest BCUT2D eigenvalue weighted by atomic mass is 9.72. The number of hydrogen-bond donors (Lipinski definition) is 3. The van der Waals surface area contributed by atoms with Gasteiger partial charge in [-0.05, 0) is 123 Å². The van der Waals surface area contributed by atoms with Crippen LogP contribution in [-0.2, 0) is 14.8 Å². The molecule has 15 nitrogen and oxygen atoms in total. The summed E-state index contributed by atoms with van der Waals surface area (Å²) in [4.78, 5) is 39.2. The summed E-state index contributed by atoms with van der Waals surface area (Å²) in [5, 5.41) is 16.6. The molecule has 5 aromatic rings. The Balaban J connectivity index is 1.04. The topological polar surface area (TPSA) is 175 Å². The number of pyridine rings is 1. The first-order valence-electron chi connectivity index (χ1n) is 23.9. The van der Waals surface area contributed by atoms with Crippen molar-refractivity contribution in [1.29, 1.82) is 0 Å². The monoisotopic (exact) mass is 1020 g/mol. The number of halogens is 4. The van der Waals surface area contributed by atoms with Gasteiger partial charge in [0, 0.05) is 80.8 Å². The number of rotatable bonds is 13. The first kappa shape index (κ1) is 50.1. The van der Waals surface area contributed by atoms with E-state index in [2.05, 4.69) is 55.8 Å². The number of nitro groups is 1. The number of piperazine rings is 1. The molecule has 2 fully saturated rings. The fourth-order valence-electron chi connectivity index (χ4n) is 9.91. The number of nitrogens with one attached hydrogen (secondary N) is 3. The van der Waals surface area contributed by atoms with Crippen LogP contribution in [0.4, 0.5) is 41.6 Å². The van der Waals surface area contributed by atoms with E-state index in [0.29, 0.717) is 67.7 Å². The van der Waals surface area contributed by atoms with Gasteiger partial charge in [0.15, 0.2) is 0 Å². The van der Waals surface area contributed by atoms with E-state index in [9.17, 15) is 36.5 Å². The maximum absolute atomic E-state index is 14.8. The third-order valence-corrected chi connectivity index (χ3v) is 16.2. The second kappa shape index (κ2) is 19.6. The van der Waals surface area contributed by atoms with E-state index in [4.69, 9.17) is 21.1 Å². The summed E-state index contributed by atoms with van der Waals surface area (Å²) in [6.07, 6.45) is -0.0739. The first-order chi connectivity index (χ1) is 33.7. The summed E-state index contributed by atoms with van der Waals surface area (Å²) in [6.45, 7) is 11.2. The van der Waals surface area contributed by atoms with Crippen LogP contribution in [0.2, 0.25) is 5.02 Å². The number of benzene rings is 3. The number of amides is 1. The SMILES string of the molecule is CC1(C)CCC(CN2CCN(c3ccc(C(=O)NS(=O)(=O)c4ccc(NCC5CCOCC5)c([N+](=O)[O-])c4)c(N4C[C@@H](C(C)(C)C(F)(F)F)Oc5nc6[nH]ccc6cc54)c3)CC2)=C(c2ccc(Cl)cc2)C1. The first-order valence-corrected chi connectivity index (χ1v) is 25.8. The van der Waals surface area contributed by atoms with Crippen LogP contribution in [0.25, 0.3) is 16.6 Å². The van der Waals surface area contributed by atoms with Crippen molar-refractivity contribution in [3.8, 4) is 5.88 Å². The van der Waals surface area contributed by atoms with E-state index in [1.165, 1.54) is 39.8 Å². The third kappa shape index (κ3) is 10.7. The summed E-state index contributed by atoms with van der Waals surface area (Å²) in [5.41, 5.74) is 2.53. The number of alkyl halides is 3. The molecule has 3 N–H and O–H groups in total. The number of aromatic amines is 1. The Morgan fingerprint density at radius 3 is 2.42 bits per heavy atom. The predicted molar refractivity (Wildman–Crippen MR) is 268 cm³/mol. The van der Waals surface area contributed by atoms with Crippen LogP contribution in [0.15, 0.2) is 89.5 Å². The lowest BCUT2D eigenvalue weighted by molar-refractivity contribution is -0.384. The Hall–Kier alpha value is -5.89. The van der Waals surface area contributed by atoms with E-state index < -0.39 is 55.7 Å².